The van der Waals surface area contributed by atoms with E-state index in [9.17, 15) is 9.18 Å². The summed E-state index contributed by atoms with van der Waals surface area (Å²) >= 11 is 0. The minimum Gasteiger partial charge on any atom is -0.481 e. The van der Waals surface area contributed by atoms with Gasteiger partial charge in [0.15, 0.2) is 0 Å². The lowest BCUT2D eigenvalue weighted by Gasteiger charge is -2.04. The van der Waals surface area contributed by atoms with Gasteiger partial charge in [0.2, 0.25) is 0 Å². The van der Waals surface area contributed by atoms with Crippen molar-refractivity contribution in [2.24, 2.45) is 5.92 Å². The number of H-pyrrole nitrogens is 1. The summed E-state index contributed by atoms with van der Waals surface area (Å²) in [5, 5.41) is 8.66. The van der Waals surface area contributed by atoms with Crippen molar-refractivity contribution in [3.63, 3.8) is 0 Å². The number of imidazole rings is 1. The van der Waals surface area contributed by atoms with Crippen molar-refractivity contribution in [3.05, 3.63) is 29.8 Å². The van der Waals surface area contributed by atoms with Crippen LogP contribution in [0.2, 0.25) is 0 Å². The molecule has 4 nitrogen and oxygen atoms in total. The Morgan fingerprint density at radius 3 is 3.06 bits per heavy atom. The topological polar surface area (TPSA) is 66.0 Å². The van der Waals surface area contributed by atoms with Crippen LogP contribution in [0.4, 0.5) is 4.39 Å². The Balaban J connectivity index is 2.16. The van der Waals surface area contributed by atoms with E-state index in [1.807, 2.05) is 6.92 Å². The highest BCUT2D eigenvalue weighted by Crippen LogP contribution is 2.16. The van der Waals surface area contributed by atoms with Crippen LogP contribution in [0.15, 0.2) is 18.2 Å². The van der Waals surface area contributed by atoms with Crippen molar-refractivity contribution in [3.8, 4) is 0 Å². The standard InChI is InChI=1S/C12H13FN2O2/c1-7(5-12(16)17)4-11-14-9-3-2-8(13)6-10(9)15-11/h2-3,6-7H,4-5H2,1H3,(H,14,15)(H,16,17). The first kappa shape index (κ1) is 11.6. The van der Waals surface area contributed by atoms with Crippen molar-refractivity contribution < 1.29 is 14.3 Å². The molecule has 0 spiro atoms. The molecule has 0 fully saturated rings. The monoisotopic (exact) mass is 236 g/mol. The van der Waals surface area contributed by atoms with E-state index in [1.165, 1.54) is 12.1 Å². The second-order valence-corrected chi connectivity index (χ2v) is 4.25. The van der Waals surface area contributed by atoms with Crippen LogP contribution in [0, 0.1) is 11.7 Å². The number of fused-ring (bicyclic) bond motifs is 1. The summed E-state index contributed by atoms with van der Waals surface area (Å²) in [4.78, 5) is 17.8. The molecule has 0 aliphatic heterocycles. The molecule has 17 heavy (non-hydrogen) atoms. The van der Waals surface area contributed by atoms with E-state index in [-0.39, 0.29) is 18.2 Å². The molecule has 2 aromatic rings. The Bertz CT molecular complexity index is 550. The number of halogens is 1. The first-order chi connectivity index (χ1) is 8.04. The average molecular weight is 236 g/mol. The Labute approximate surface area is 97.5 Å². The van der Waals surface area contributed by atoms with Crippen LogP contribution in [-0.2, 0) is 11.2 Å². The van der Waals surface area contributed by atoms with Gasteiger partial charge in [-0.1, -0.05) is 6.92 Å². The van der Waals surface area contributed by atoms with Gasteiger partial charge in [-0.3, -0.25) is 4.79 Å². The minimum atomic E-state index is -0.820. The maximum atomic E-state index is 13.0. The summed E-state index contributed by atoms with van der Waals surface area (Å²) in [6, 6.07) is 4.34. The summed E-state index contributed by atoms with van der Waals surface area (Å²) in [5.74, 6) is -0.441. The zero-order chi connectivity index (χ0) is 12.4. The highest BCUT2D eigenvalue weighted by molar-refractivity contribution is 5.75. The van der Waals surface area contributed by atoms with E-state index in [0.717, 1.165) is 0 Å². The molecule has 1 aromatic heterocycles. The molecule has 0 bridgehead atoms. The molecular weight excluding hydrogens is 223 g/mol. The van der Waals surface area contributed by atoms with Crippen LogP contribution >= 0.6 is 0 Å². The second kappa shape index (κ2) is 4.53. The molecule has 2 N–H and O–H groups in total. The highest BCUT2D eigenvalue weighted by Gasteiger charge is 2.11. The largest absolute Gasteiger partial charge is 0.481 e. The third-order valence-electron chi connectivity index (χ3n) is 2.56. The number of aromatic nitrogens is 2. The lowest BCUT2D eigenvalue weighted by atomic mass is 10.0. The van der Waals surface area contributed by atoms with E-state index >= 15 is 0 Å². The molecule has 0 radical (unpaired) electrons. The Morgan fingerprint density at radius 2 is 2.35 bits per heavy atom. The SMILES string of the molecule is CC(CC(=O)O)Cc1nc2ccc(F)cc2[nH]1. The number of benzene rings is 1. The predicted molar refractivity (Wildman–Crippen MR) is 61.2 cm³/mol. The fourth-order valence-corrected chi connectivity index (χ4v) is 1.83. The van der Waals surface area contributed by atoms with Crippen molar-refractivity contribution in [2.75, 3.05) is 0 Å². The van der Waals surface area contributed by atoms with E-state index in [4.69, 9.17) is 5.11 Å². The molecule has 0 aliphatic rings. The number of rotatable bonds is 4. The van der Waals surface area contributed by atoms with Gasteiger partial charge in [0, 0.05) is 12.8 Å². The first-order valence-corrected chi connectivity index (χ1v) is 5.40. The van der Waals surface area contributed by atoms with Gasteiger partial charge in [-0.25, -0.2) is 9.37 Å². The number of nitrogens with zero attached hydrogens (tertiary/aromatic N) is 1. The average Bonchev–Trinajstić information content (AvgIpc) is 2.57. The minimum absolute atomic E-state index is 0.00194. The summed E-state index contributed by atoms with van der Waals surface area (Å²) in [7, 11) is 0. The summed E-state index contributed by atoms with van der Waals surface area (Å²) < 4.78 is 13.0. The lowest BCUT2D eigenvalue weighted by molar-refractivity contribution is -0.137. The quantitative estimate of drug-likeness (QED) is 0.856. The zero-order valence-corrected chi connectivity index (χ0v) is 9.40. The number of carboxylic acid groups (broad SMARTS) is 1. The van der Waals surface area contributed by atoms with Crippen molar-refractivity contribution in [2.45, 2.75) is 19.8 Å². The molecule has 0 saturated carbocycles. The third-order valence-corrected chi connectivity index (χ3v) is 2.56. The van der Waals surface area contributed by atoms with Gasteiger partial charge >= 0.3 is 5.97 Å². The summed E-state index contributed by atoms with van der Waals surface area (Å²) in [6.07, 6.45) is 0.647. The number of hydrogen-bond acceptors (Lipinski definition) is 2. The number of hydrogen-bond donors (Lipinski definition) is 2. The van der Waals surface area contributed by atoms with Crippen molar-refractivity contribution >= 4 is 17.0 Å². The number of nitrogens with one attached hydrogen (secondary N) is 1. The fourth-order valence-electron chi connectivity index (χ4n) is 1.83. The van der Waals surface area contributed by atoms with Crippen LogP contribution in [0.3, 0.4) is 0 Å². The van der Waals surface area contributed by atoms with Crippen molar-refractivity contribution in [1.29, 1.82) is 0 Å². The predicted octanol–water partition coefficient (Wildman–Crippen LogP) is 2.36. The van der Waals surface area contributed by atoms with Gasteiger partial charge in [0.1, 0.15) is 11.6 Å². The van der Waals surface area contributed by atoms with Crippen molar-refractivity contribution in [1.82, 2.24) is 9.97 Å². The summed E-state index contributed by atoms with van der Waals surface area (Å²) in [5.41, 5.74) is 1.34. The zero-order valence-electron chi connectivity index (χ0n) is 9.40. The molecule has 1 atom stereocenters. The number of carbonyl (C=O) groups is 1. The number of aromatic amines is 1. The highest BCUT2D eigenvalue weighted by atomic mass is 19.1. The van der Waals surface area contributed by atoms with E-state index in [1.54, 1.807) is 6.07 Å². The number of aliphatic carboxylic acids is 1. The summed E-state index contributed by atoms with van der Waals surface area (Å²) in [6.45, 7) is 1.85. The molecule has 5 heteroatoms. The Hall–Kier alpha value is -1.91. The molecule has 1 heterocycles. The smallest absolute Gasteiger partial charge is 0.303 e. The van der Waals surface area contributed by atoms with Crippen LogP contribution in [0.1, 0.15) is 19.2 Å². The molecule has 2 rings (SSSR count). The maximum Gasteiger partial charge on any atom is 0.303 e. The van der Waals surface area contributed by atoms with E-state index < -0.39 is 5.97 Å². The van der Waals surface area contributed by atoms with E-state index in [2.05, 4.69) is 9.97 Å². The van der Waals surface area contributed by atoms with Gasteiger partial charge in [-0.2, -0.15) is 0 Å². The van der Waals surface area contributed by atoms with Crippen LogP contribution in [0.5, 0.6) is 0 Å². The van der Waals surface area contributed by atoms with Gasteiger partial charge < -0.3 is 10.1 Å². The van der Waals surface area contributed by atoms with Gasteiger partial charge in [-0.05, 0) is 24.1 Å². The molecule has 0 aliphatic carbocycles. The van der Waals surface area contributed by atoms with Gasteiger partial charge in [-0.15, -0.1) is 0 Å². The van der Waals surface area contributed by atoms with Gasteiger partial charge in [0.05, 0.1) is 11.0 Å². The van der Waals surface area contributed by atoms with Crippen LogP contribution in [-0.4, -0.2) is 21.0 Å². The normalized spacial score (nSPS) is 12.8. The lowest BCUT2D eigenvalue weighted by Crippen LogP contribution is -2.07. The van der Waals surface area contributed by atoms with Crippen LogP contribution in [0.25, 0.3) is 11.0 Å². The second-order valence-electron chi connectivity index (χ2n) is 4.25. The number of carboxylic acids is 1. The van der Waals surface area contributed by atoms with E-state index in [0.29, 0.717) is 23.3 Å². The third kappa shape index (κ3) is 2.81. The molecule has 0 saturated heterocycles. The Morgan fingerprint density at radius 1 is 1.59 bits per heavy atom. The molecule has 1 unspecified atom stereocenters. The van der Waals surface area contributed by atoms with Crippen LogP contribution < -0.4 is 0 Å². The molecular formula is C12H13FN2O2. The Kier molecular flexibility index (Phi) is 3.08. The molecule has 0 amide bonds. The molecule has 90 valence electrons. The first-order valence-electron chi connectivity index (χ1n) is 5.40. The van der Waals surface area contributed by atoms with Gasteiger partial charge in [0.25, 0.3) is 0 Å². The maximum absolute atomic E-state index is 13.0. The molecule has 1 aromatic carbocycles. The fraction of sp³-hybridized carbons (Fsp3) is 0.333.